The molecule has 0 fully saturated rings. The third kappa shape index (κ3) is 2.32. The fourth-order valence-electron chi connectivity index (χ4n) is 1.03. The van der Waals surface area contributed by atoms with E-state index in [4.69, 9.17) is 5.73 Å². The second-order valence-electron chi connectivity index (χ2n) is 2.72. The molecule has 0 saturated heterocycles. The summed E-state index contributed by atoms with van der Waals surface area (Å²) >= 11 is 6.86. The van der Waals surface area contributed by atoms with Gasteiger partial charge in [-0.1, -0.05) is 33.8 Å². The SMILES string of the molecule is Nc1ccc(Br)cc1Sc1cccs1. The van der Waals surface area contributed by atoms with Gasteiger partial charge in [-0.15, -0.1) is 11.3 Å². The van der Waals surface area contributed by atoms with E-state index in [-0.39, 0.29) is 0 Å². The summed E-state index contributed by atoms with van der Waals surface area (Å²) in [4.78, 5) is 1.10. The third-order valence-electron chi connectivity index (χ3n) is 1.68. The maximum Gasteiger partial charge on any atom is 0.0647 e. The highest BCUT2D eigenvalue weighted by Gasteiger charge is 2.02. The lowest BCUT2D eigenvalue weighted by atomic mass is 10.3. The monoisotopic (exact) mass is 285 g/mol. The molecular formula is C10H8BrNS2. The predicted octanol–water partition coefficient (Wildman–Crippen LogP) is 4.24. The number of benzene rings is 1. The lowest BCUT2D eigenvalue weighted by Crippen LogP contribution is -1.86. The summed E-state index contributed by atoms with van der Waals surface area (Å²) in [7, 11) is 0. The predicted molar refractivity (Wildman–Crippen MR) is 67.0 cm³/mol. The fraction of sp³-hybridized carbons (Fsp3) is 0. The first-order chi connectivity index (χ1) is 6.75. The first-order valence-electron chi connectivity index (χ1n) is 4.02. The first kappa shape index (κ1) is 10.1. The summed E-state index contributed by atoms with van der Waals surface area (Å²) in [5.74, 6) is 0. The maximum absolute atomic E-state index is 5.87. The molecule has 2 rings (SSSR count). The highest BCUT2D eigenvalue weighted by atomic mass is 79.9. The van der Waals surface area contributed by atoms with E-state index in [1.807, 2.05) is 24.3 Å². The summed E-state index contributed by atoms with van der Waals surface area (Å²) in [5.41, 5.74) is 6.69. The number of rotatable bonds is 2. The zero-order valence-electron chi connectivity index (χ0n) is 7.24. The quantitative estimate of drug-likeness (QED) is 0.835. The largest absolute Gasteiger partial charge is 0.398 e. The summed E-state index contributed by atoms with van der Waals surface area (Å²) in [6.07, 6.45) is 0. The van der Waals surface area contributed by atoms with Crippen LogP contribution in [0, 0.1) is 0 Å². The highest BCUT2D eigenvalue weighted by molar-refractivity contribution is 9.10. The molecule has 1 aromatic heterocycles. The molecule has 1 heterocycles. The van der Waals surface area contributed by atoms with Gasteiger partial charge in [0.15, 0.2) is 0 Å². The van der Waals surface area contributed by atoms with Crippen molar-refractivity contribution in [2.45, 2.75) is 9.10 Å². The van der Waals surface area contributed by atoms with Crippen molar-refractivity contribution in [2.24, 2.45) is 0 Å². The van der Waals surface area contributed by atoms with Crippen LogP contribution in [0.3, 0.4) is 0 Å². The van der Waals surface area contributed by atoms with Crippen molar-refractivity contribution in [3.8, 4) is 0 Å². The van der Waals surface area contributed by atoms with E-state index in [1.165, 1.54) is 4.21 Å². The molecule has 72 valence electrons. The Balaban J connectivity index is 2.28. The second-order valence-corrected chi connectivity index (χ2v) is 5.92. The average molecular weight is 286 g/mol. The van der Waals surface area contributed by atoms with Gasteiger partial charge in [0.25, 0.3) is 0 Å². The van der Waals surface area contributed by atoms with E-state index < -0.39 is 0 Å². The van der Waals surface area contributed by atoms with Crippen molar-refractivity contribution in [1.29, 1.82) is 0 Å². The average Bonchev–Trinajstić information content (AvgIpc) is 2.64. The molecule has 1 nitrogen and oxygen atoms in total. The number of nitrogen functional groups attached to an aromatic ring is 1. The number of anilines is 1. The van der Waals surface area contributed by atoms with Crippen LogP contribution in [0.4, 0.5) is 5.69 Å². The third-order valence-corrected chi connectivity index (χ3v) is 4.29. The molecule has 0 aliphatic carbocycles. The Bertz CT molecular complexity index is 426. The van der Waals surface area contributed by atoms with Gasteiger partial charge in [0.1, 0.15) is 0 Å². The van der Waals surface area contributed by atoms with Crippen LogP contribution < -0.4 is 5.73 Å². The topological polar surface area (TPSA) is 26.0 Å². The molecule has 0 saturated carbocycles. The first-order valence-corrected chi connectivity index (χ1v) is 6.51. The van der Waals surface area contributed by atoms with Crippen LogP contribution >= 0.6 is 39.0 Å². The molecule has 0 amide bonds. The van der Waals surface area contributed by atoms with Crippen LogP contribution in [0.25, 0.3) is 0 Å². The van der Waals surface area contributed by atoms with Crippen LogP contribution in [-0.4, -0.2) is 0 Å². The number of thiophene rings is 1. The minimum absolute atomic E-state index is 0.826. The number of halogens is 1. The van der Waals surface area contributed by atoms with Crippen LogP contribution in [0.1, 0.15) is 0 Å². The Labute approximate surface area is 99.5 Å². The van der Waals surface area contributed by atoms with E-state index >= 15 is 0 Å². The van der Waals surface area contributed by atoms with Gasteiger partial charge in [0.2, 0.25) is 0 Å². The Morgan fingerprint density at radius 1 is 1.29 bits per heavy atom. The Morgan fingerprint density at radius 2 is 2.14 bits per heavy atom. The molecular weight excluding hydrogens is 278 g/mol. The van der Waals surface area contributed by atoms with E-state index in [1.54, 1.807) is 23.1 Å². The molecule has 0 radical (unpaired) electrons. The van der Waals surface area contributed by atoms with Crippen molar-refractivity contribution < 1.29 is 0 Å². The summed E-state index contributed by atoms with van der Waals surface area (Å²) in [6, 6.07) is 10.0. The standard InChI is InChI=1S/C10H8BrNS2/c11-7-3-4-8(12)9(6-7)14-10-2-1-5-13-10/h1-6H,12H2. The summed E-state index contributed by atoms with van der Waals surface area (Å²) in [5, 5.41) is 2.07. The van der Waals surface area contributed by atoms with Gasteiger partial charge in [-0.3, -0.25) is 0 Å². The smallest absolute Gasteiger partial charge is 0.0647 e. The van der Waals surface area contributed by atoms with Gasteiger partial charge >= 0.3 is 0 Å². The molecule has 0 aliphatic heterocycles. The van der Waals surface area contributed by atoms with Gasteiger partial charge in [-0.2, -0.15) is 0 Å². The van der Waals surface area contributed by atoms with Crippen LogP contribution in [0.5, 0.6) is 0 Å². The fourth-order valence-corrected chi connectivity index (χ4v) is 3.35. The number of hydrogen-bond donors (Lipinski definition) is 1. The van der Waals surface area contributed by atoms with E-state index in [0.717, 1.165) is 15.1 Å². The number of nitrogens with two attached hydrogens (primary N) is 1. The highest BCUT2D eigenvalue weighted by Crippen LogP contribution is 2.36. The molecule has 0 aliphatic rings. The normalized spacial score (nSPS) is 10.4. The van der Waals surface area contributed by atoms with Gasteiger partial charge in [0, 0.05) is 15.1 Å². The lowest BCUT2D eigenvalue weighted by Gasteiger charge is -2.03. The van der Waals surface area contributed by atoms with Crippen molar-refractivity contribution >= 4 is 44.7 Å². The van der Waals surface area contributed by atoms with Crippen LogP contribution in [-0.2, 0) is 0 Å². The van der Waals surface area contributed by atoms with Gasteiger partial charge in [0.05, 0.1) is 4.21 Å². The molecule has 1 aromatic carbocycles. The van der Waals surface area contributed by atoms with Gasteiger partial charge in [-0.25, -0.2) is 0 Å². The second kappa shape index (κ2) is 4.38. The van der Waals surface area contributed by atoms with Crippen molar-refractivity contribution in [2.75, 3.05) is 5.73 Å². The van der Waals surface area contributed by atoms with Crippen molar-refractivity contribution in [3.63, 3.8) is 0 Å². The molecule has 0 bridgehead atoms. The minimum atomic E-state index is 0.826. The van der Waals surface area contributed by atoms with E-state index in [9.17, 15) is 0 Å². The van der Waals surface area contributed by atoms with Gasteiger partial charge in [-0.05, 0) is 29.6 Å². The van der Waals surface area contributed by atoms with Crippen LogP contribution in [0.2, 0.25) is 0 Å². The molecule has 2 N–H and O–H groups in total. The van der Waals surface area contributed by atoms with Crippen LogP contribution in [0.15, 0.2) is 49.3 Å². The Kier molecular flexibility index (Phi) is 3.15. The Hall–Kier alpha value is -0.450. The summed E-state index contributed by atoms with van der Waals surface area (Å²) in [6.45, 7) is 0. The Morgan fingerprint density at radius 3 is 2.86 bits per heavy atom. The molecule has 4 heteroatoms. The minimum Gasteiger partial charge on any atom is -0.398 e. The molecule has 0 unspecified atom stereocenters. The molecule has 14 heavy (non-hydrogen) atoms. The van der Waals surface area contributed by atoms with Crippen molar-refractivity contribution in [1.82, 2.24) is 0 Å². The molecule has 2 aromatic rings. The van der Waals surface area contributed by atoms with E-state index in [2.05, 4.69) is 27.4 Å². The number of hydrogen-bond acceptors (Lipinski definition) is 3. The zero-order valence-corrected chi connectivity index (χ0v) is 10.5. The molecule has 0 spiro atoms. The lowest BCUT2D eigenvalue weighted by molar-refractivity contribution is 1.43. The summed E-state index contributed by atoms with van der Waals surface area (Å²) < 4.78 is 2.32. The van der Waals surface area contributed by atoms with E-state index in [0.29, 0.717) is 0 Å². The van der Waals surface area contributed by atoms with Gasteiger partial charge < -0.3 is 5.73 Å². The molecule has 0 atom stereocenters. The maximum atomic E-state index is 5.87. The zero-order chi connectivity index (χ0) is 9.97. The van der Waals surface area contributed by atoms with Crippen molar-refractivity contribution in [3.05, 3.63) is 40.2 Å².